The van der Waals surface area contributed by atoms with Gasteiger partial charge in [0, 0.05) is 34.3 Å². The number of hydrogen-bond acceptors (Lipinski definition) is 5. The van der Waals surface area contributed by atoms with Gasteiger partial charge in [0.05, 0.1) is 19.0 Å². The van der Waals surface area contributed by atoms with E-state index in [1.807, 2.05) is 12.3 Å². The van der Waals surface area contributed by atoms with Crippen LogP contribution in [0.2, 0.25) is 0 Å². The van der Waals surface area contributed by atoms with E-state index in [-0.39, 0.29) is 31.2 Å². The summed E-state index contributed by atoms with van der Waals surface area (Å²) in [4.78, 5) is 17.6. The van der Waals surface area contributed by atoms with Gasteiger partial charge >= 0.3 is 0 Å². The minimum Gasteiger partial charge on any atom is -0.391 e. The summed E-state index contributed by atoms with van der Waals surface area (Å²) in [6.07, 6.45) is 4.78. The molecule has 0 fully saturated rings. The second kappa shape index (κ2) is 8.65. The van der Waals surface area contributed by atoms with E-state index in [2.05, 4.69) is 4.98 Å². The van der Waals surface area contributed by atoms with Crippen LogP contribution in [0, 0.1) is 5.82 Å². The first kappa shape index (κ1) is 19.5. The lowest BCUT2D eigenvalue weighted by Crippen LogP contribution is -2.17. The average molecular weight is 388 g/mol. The molecule has 5 nitrogen and oxygen atoms in total. The Morgan fingerprint density at radius 3 is 2.89 bits per heavy atom. The van der Waals surface area contributed by atoms with Crippen molar-refractivity contribution in [1.82, 2.24) is 9.38 Å². The molecule has 0 amide bonds. The number of aromatic nitrogens is 2. The van der Waals surface area contributed by atoms with Gasteiger partial charge in [-0.2, -0.15) is 0 Å². The van der Waals surface area contributed by atoms with Crippen molar-refractivity contribution in [3.05, 3.63) is 65.5 Å². The number of fused-ring (bicyclic) bond motifs is 1. The second-order valence-electron chi connectivity index (χ2n) is 6.30. The van der Waals surface area contributed by atoms with Crippen molar-refractivity contribution in [2.45, 2.75) is 24.3 Å². The Kier molecular flexibility index (Phi) is 6.26. The smallest absolute Gasteiger partial charge is 0.190 e. The standard InChI is InChI=1S/C20H21FN2O3S/c1-13(24)10-26-11-20(25)17-8-15-5-6-22-12-23(15)19(17)7-14-3-4-16(27-2)9-18(14)21/h3-6,8-9,12-13,24H,7,10-11H2,1-2H3/t13-/m0/s1. The summed E-state index contributed by atoms with van der Waals surface area (Å²) >= 11 is 1.48. The fraction of sp³-hybridized carbons (Fsp3) is 0.300. The molecule has 0 aliphatic rings. The van der Waals surface area contributed by atoms with Crippen molar-refractivity contribution in [3.8, 4) is 0 Å². The van der Waals surface area contributed by atoms with Crippen molar-refractivity contribution in [2.24, 2.45) is 0 Å². The highest BCUT2D eigenvalue weighted by Gasteiger charge is 2.19. The summed E-state index contributed by atoms with van der Waals surface area (Å²) in [5, 5.41) is 9.28. The monoisotopic (exact) mass is 388 g/mol. The zero-order valence-corrected chi connectivity index (χ0v) is 16.0. The quantitative estimate of drug-likeness (QED) is 0.474. The first-order valence-corrected chi connectivity index (χ1v) is 9.77. The molecule has 0 aliphatic heterocycles. The van der Waals surface area contributed by atoms with Crippen LogP contribution in [0.1, 0.15) is 28.5 Å². The summed E-state index contributed by atoms with van der Waals surface area (Å²) in [5.41, 5.74) is 2.46. The molecular formula is C20H21FN2O3S. The minimum absolute atomic E-state index is 0.0841. The van der Waals surface area contributed by atoms with Gasteiger partial charge in [0.2, 0.25) is 0 Å². The molecule has 0 bridgehead atoms. The van der Waals surface area contributed by atoms with Crippen molar-refractivity contribution < 1.29 is 19.0 Å². The lowest BCUT2D eigenvalue weighted by Gasteiger charge is -2.09. The van der Waals surface area contributed by atoms with E-state index in [9.17, 15) is 14.3 Å². The fourth-order valence-corrected chi connectivity index (χ4v) is 3.30. The summed E-state index contributed by atoms with van der Waals surface area (Å²) in [7, 11) is 0. The number of rotatable bonds is 8. The maximum atomic E-state index is 14.5. The van der Waals surface area contributed by atoms with E-state index in [1.54, 1.807) is 42.0 Å². The second-order valence-corrected chi connectivity index (χ2v) is 7.18. The molecule has 142 valence electrons. The van der Waals surface area contributed by atoms with E-state index in [1.165, 1.54) is 17.8 Å². The Hall–Kier alpha value is -2.22. The van der Waals surface area contributed by atoms with Crippen LogP contribution in [-0.4, -0.2) is 45.8 Å². The van der Waals surface area contributed by atoms with Gasteiger partial charge in [0.25, 0.3) is 0 Å². The van der Waals surface area contributed by atoms with Crippen LogP contribution in [0.25, 0.3) is 5.52 Å². The number of hydrogen-bond donors (Lipinski definition) is 1. The Morgan fingerprint density at radius 1 is 1.37 bits per heavy atom. The van der Waals surface area contributed by atoms with E-state index in [4.69, 9.17) is 4.74 Å². The highest BCUT2D eigenvalue weighted by atomic mass is 32.2. The van der Waals surface area contributed by atoms with Gasteiger partial charge in [0.1, 0.15) is 12.4 Å². The van der Waals surface area contributed by atoms with Crippen LogP contribution in [0.4, 0.5) is 4.39 Å². The van der Waals surface area contributed by atoms with Gasteiger partial charge in [-0.1, -0.05) is 6.07 Å². The summed E-state index contributed by atoms with van der Waals surface area (Å²) in [5.74, 6) is -0.514. The number of ether oxygens (including phenoxy) is 1. The van der Waals surface area contributed by atoms with Crippen LogP contribution in [0.3, 0.4) is 0 Å². The lowest BCUT2D eigenvalue weighted by atomic mass is 10.0. The zero-order valence-electron chi connectivity index (χ0n) is 15.2. The van der Waals surface area contributed by atoms with Crippen molar-refractivity contribution in [1.29, 1.82) is 0 Å². The number of thioether (sulfide) groups is 1. The predicted octanol–water partition coefficient (Wildman–Crippen LogP) is 3.37. The highest BCUT2D eigenvalue weighted by molar-refractivity contribution is 7.98. The Balaban J connectivity index is 1.94. The molecule has 1 atom stereocenters. The SMILES string of the molecule is CSc1ccc(Cc2c(C(=O)COC[C@H](C)O)cc3ccncn23)c(F)c1. The van der Waals surface area contributed by atoms with E-state index >= 15 is 0 Å². The molecule has 1 N–H and O–H groups in total. The van der Waals surface area contributed by atoms with Crippen LogP contribution < -0.4 is 0 Å². The molecule has 0 saturated carbocycles. The number of benzene rings is 1. The van der Waals surface area contributed by atoms with Gasteiger partial charge in [-0.25, -0.2) is 9.37 Å². The molecule has 0 spiro atoms. The number of aliphatic hydroxyl groups excluding tert-OH is 1. The lowest BCUT2D eigenvalue weighted by molar-refractivity contribution is 0.0424. The first-order valence-electron chi connectivity index (χ1n) is 8.55. The highest BCUT2D eigenvalue weighted by Crippen LogP contribution is 2.24. The number of carbonyl (C=O) groups excluding carboxylic acids is 1. The van der Waals surface area contributed by atoms with Crippen molar-refractivity contribution in [3.63, 3.8) is 0 Å². The number of aliphatic hydroxyl groups is 1. The number of Topliss-reactive ketones (excluding diaryl/α,β-unsaturated/α-hetero) is 1. The van der Waals surface area contributed by atoms with Crippen LogP contribution in [0.15, 0.2) is 47.8 Å². The van der Waals surface area contributed by atoms with Gasteiger partial charge in [-0.3, -0.25) is 4.79 Å². The van der Waals surface area contributed by atoms with Crippen molar-refractivity contribution >= 4 is 23.1 Å². The third-order valence-electron chi connectivity index (χ3n) is 4.20. The molecule has 3 aromatic rings. The van der Waals surface area contributed by atoms with E-state index < -0.39 is 6.10 Å². The van der Waals surface area contributed by atoms with Crippen LogP contribution in [-0.2, 0) is 11.2 Å². The summed E-state index contributed by atoms with van der Waals surface area (Å²) < 4.78 is 21.5. The zero-order chi connectivity index (χ0) is 19.4. The third kappa shape index (κ3) is 4.55. The molecule has 2 heterocycles. The molecule has 2 aromatic heterocycles. The molecule has 0 unspecified atom stereocenters. The average Bonchev–Trinajstić information content (AvgIpc) is 3.01. The molecule has 0 radical (unpaired) electrons. The number of nitrogens with zero attached hydrogens (tertiary/aromatic N) is 2. The molecule has 3 rings (SSSR count). The largest absolute Gasteiger partial charge is 0.391 e. The third-order valence-corrected chi connectivity index (χ3v) is 4.92. The maximum absolute atomic E-state index is 14.5. The number of carbonyl (C=O) groups is 1. The molecular weight excluding hydrogens is 367 g/mol. The molecule has 0 aliphatic carbocycles. The summed E-state index contributed by atoms with van der Waals surface area (Å²) in [6, 6.07) is 8.67. The Morgan fingerprint density at radius 2 is 2.19 bits per heavy atom. The van der Waals surface area contributed by atoms with Gasteiger partial charge < -0.3 is 14.2 Å². The Labute approximate surface area is 161 Å². The first-order chi connectivity index (χ1) is 13.0. The van der Waals surface area contributed by atoms with Crippen LogP contribution >= 0.6 is 11.8 Å². The number of ketones is 1. The van der Waals surface area contributed by atoms with Crippen LogP contribution in [0.5, 0.6) is 0 Å². The molecule has 7 heteroatoms. The topological polar surface area (TPSA) is 63.8 Å². The molecule has 1 aromatic carbocycles. The molecule has 27 heavy (non-hydrogen) atoms. The fourth-order valence-electron chi connectivity index (χ4n) is 2.88. The minimum atomic E-state index is -0.640. The van der Waals surface area contributed by atoms with Gasteiger partial charge in [-0.05, 0) is 43.0 Å². The Bertz CT molecular complexity index is 956. The van der Waals surface area contributed by atoms with Crippen molar-refractivity contribution in [2.75, 3.05) is 19.5 Å². The maximum Gasteiger partial charge on any atom is 0.190 e. The van der Waals surface area contributed by atoms with E-state index in [0.717, 1.165) is 10.4 Å². The number of halogens is 1. The summed E-state index contributed by atoms with van der Waals surface area (Å²) in [6.45, 7) is 1.53. The molecule has 0 saturated heterocycles. The van der Waals surface area contributed by atoms with E-state index in [0.29, 0.717) is 16.8 Å². The predicted molar refractivity (Wildman–Crippen MR) is 103 cm³/mol. The normalized spacial score (nSPS) is 12.4. The van der Waals surface area contributed by atoms with Gasteiger partial charge in [-0.15, -0.1) is 11.8 Å². The van der Waals surface area contributed by atoms with Gasteiger partial charge in [0.15, 0.2) is 5.78 Å².